The van der Waals surface area contributed by atoms with Crippen molar-refractivity contribution in [2.75, 3.05) is 25.1 Å². The molecule has 0 aliphatic heterocycles. The van der Waals surface area contributed by atoms with Gasteiger partial charge in [0.1, 0.15) is 17.9 Å². The molecule has 2 aromatic carbocycles. The number of para-hydroxylation sites is 2. The maximum absolute atomic E-state index is 11.5. The Morgan fingerprint density at radius 3 is 2.53 bits per heavy atom. The molecule has 30 heavy (non-hydrogen) atoms. The first-order valence-electron chi connectivity index (χ1n) is 10.4. The smallest absolute Gasteiger partial charge is 0.306 e. The van der Waals surface area contributed by atoms with Gasteiger partial charge in [0.25, 0.3) is 6.01 Å². The van der Waals surface area contributed by atoms with Crippen LogP contribution in [0, 0.1) is 11.8 Å². The molecule has 160 valence electrons. The van der Waals surface area contributed by atoms with E-state index in [2.05, 4.69) is 18.8 Å². The molecule has 1 atom stereocenters. The van der Waals surface area contributed by atoms with E-state index in [9.17, 15) is 9.90 Å². The van der Waals surface area contributed by atoms with E-state index in [0.717, 1.165) is 28.8 Å². The van der Waals surface area contributed by atoms with Crippen LogP contribution >= 0.6 is 0 Å². The minimum atomic E-state index is -0.724. The van der Waals surface area contributed by atoms with Gasteiger partial charge in [0.2, 0.25) is 0 Å². The number of aromatic nitrogens is 1. The first kappa shape index (κ1) is 21.7. The second kappa shape index (κ2) is 10.1. The molecule has 1 unspecified atom stereocenters. The Balaban J connectivity index is 1.48. The fourth-order valence-electron chi connectivity index (χ4n) is 3.27. The molecule has 0 aliphatic carbocycles. The molecule has 0 amide bonds. The maximum Gasteiger partial charge on any atom is 0.306 e. The molecule has 3 aromatic rings. The Labute approximate surface area is 177 Å². The van der Waals surface area contributed by atoms with Gasteiger partial charge in [-0.15, -0.1) is 0 Å². The fourth-order valence-corrected chi connectivity index (χ4v) is 3.27. The number of anilines is 1. The first-order valence-corrected chi connectivity index (χ1v) is 10.4. The van der Waals surface area contributed by atoms with Crippen molar-refractivity contribution >= 4 is 23.1 Å². The number of hydrogen-bond acceptors (Lipinski definition) is 5. The number of nitrogens with zero attached hydrogens (tertiary/aromatic N) is 2. The molecule has 1 N–H and O–H groups in total. The van der Waals surface area contributed by atoms with Gasteiger partial charge in [0, 0.05) is 7.05 Å². The summed E-state index contributed by atoms with van der Waals surface area (Å²) in [6.45, 7) is 5.35. The standard InChI is InChI=1S/C24H30N2O4/c1-17(2)8-11-19(23(27)28)16-18-9-12-20(13-10-18)29-15-14-26(3)24-25-21-6-4-5-7-22(21)30-24/h4-7,9-10,12-13,17,19H,8,11,14-16H2,1-3H3,(H,27,28). The number of ether oxygens (including phenoxy) is 1. The number of fused-ring (bicyclic) bond motifs is 1. The van der Waals surface area contributed by atoms with E-state index in [0.29, 0.717) is 37.9 Å². The van der Waals surface area contributed by atoms with Crippen LogP contribution in [0.2, 0.25) is 0 Å². The highest BCUT2D eigenvalue weighted by molar-refractivity contribution is 5.74. The number of rotatable bonds is 11. The number of hydrogen-bond donors (Lipinski definition) is 1. The van der Waals surface area contributed by atoms with Crippen molar-refractivity contribution in [2.45, 2.75) is 33.1 Å². The lowest BCUT2D eigenvalue weighted by molar-refractivity contribution is -0.142. The average Bonchev–Trinajstić information content (AvgIpc) is 3.16. The van der Waals surface area contributed by atoms with E-state index in [1.165, 1.54) is 0 Å². The molecule has 0 bridgehead atoms. The Kier molecular flexibility index (Phi) is 7.33. The number of benzene rings is 2. The highest BCUT2D eigenvalue weighted by atomic mass is 16.5. The lowest BCUT2D eigenvalue weighted by atomic mass is 9.92. The van der Waals surface area contributed by atoms with E-state index in [-0.39, 0.29) is 5.92 Å². The van der Waals surface area contributed by atoms with Gasteiger partial charge in [0.05, 0.1) is 12.5 Å². The molecular formula is C24H30N2O4. The second-order valence-electron chi connectivity index (χ2n) is 8.09. The SMILES string of the molecule is CC(C)CCC(Cc1ccc(OCCN(C)c2nc3ccccc3o2)cc1)C(=O)O. The highest BCUT2D eigenvalue weighted by Gasteiger charge is 2.18. The summed E-state index contributed by atoms with van der Waals surface area (Å²) < 4.78 is 11.6. The summed E-state index contributed by atoms with van der Waals surface area (Å²) in [5, 5.41) is 9.47. The monoisotopic (exact) mass is 410 g/mol. The maximum atomic E-state index is 11.5. The third-order valence-electron chi connectivity index (χ3n) is 5.15. The topological polar surface area (TPSA) is 75.8 Å². The van der Waals surface area contributed by atoms with Crippen LogP contribution in [-0.2, 0) is 11.2 Å². The van der Waals surface area contributed by atoms with Crippen LogP contribution < -0.4 is 9.64 Å². The molecule has 3 rings (SSSR count). The minimum Gasteiger partial charge on any atom is -0.492 e. The molecule has 0 radical (unpaired) electrons. The summed E-state index contributed by atoms with van der Waals surface area (Å²) in [6.07, 6.45) is 2.17. The molecule has 0 saturated heterocycles. The lowest BCUT2D eigenvalue weighted by Gasteiger charge is -2.16. The quantitative estimate of drug-likeness (QED) is 0.478. The molecule has 1 heterocycles. The van der Waals surface area contributed by atoms with Crippen LogP contribution in [0.3, 0.4) is 0 Å². The van der Waals surface area contributed by atoms with E-state index < -0.39 is 5.97 Å². The molecule has 6 heteroatoms. The van der Waals surface area contributed by atoms with Crippen molar-refractivity contribution < 1.29 is 19.1 Å². The normalized spacial score (nSPS) is 12.3. The number of carbonyl (C=O) groups is 1. The zero-order chi connectivity index (χ0) is 21.5. The van der Waals surface area contributed by atoms with Crippen molar-refractivity contribution in [3.8, 4) is 5.75 Å². The Bertz CT molecular complexity index is 916. The van der Waals surface area contributed by atoms with Gasteiger partial charge in [-0.05, 0) is 48.6 Å². The van der Waals surface area contributed by atoms with Gasteiger partial charge in [-0.3, -0.25) is 4.79 Å². The molecule has 0 aliphatic rings. The van der Waals surface area contributed by atoms with Crippen LogP contribution in [0.15, 0.2) is 52.9 Å². The summed E-state index contributed by atoms with van der Waals surface area (Å²) in [4.78, 5) is 17.9. The van der Waals surface area contributed by atoms with Gasteiger partial charge >= 0.3 is 5.97 Å². The van der Waals surface area contributed by atoms with Crippen LogP contribution in [0.4, 0.5) is 6.01 Å². The summed E-state index contributed by atoms with van der Waals surface area (Å²) in [7, 11) is 1.92. The number of aliphatic carboxylic acids is 1. The van der Waals surface area contributed by atoms with Crippen molar-refractivity contribution in [1.82, 2.24) is 4.98 Å². The van der Waals surface area contributed by atoms with E-state index in [4.69, 9.17) is 9.15 Å². The predicted octanol–water partition coefficient (Wildman–Crippen LogP) is 5.02. The number of carboxylic acids is 1. The number of carboxylic acid groups (broad SMARTS) is 1. The molecule has 6 nitrogen and oxygen atoms in total. The minimum absolute atomic E-state index is 0.343. The van der Waals surface area contributed by atoms with Crippen molar-refractivity contribution in [3.05, 3.63) is 54.1 Å². The third-order valence-corrected chi connectivity index (χ3v) is 5.15. The molecule has 0 fully saturated rings. The Hall–Kier alpha value is -3.02. The first-order chi connectivity index (χ1) is 14.4. The van der Waals surface area contributed by atoms with Gasteiger partial charge in [-0.1, -0.05) is 44.5 Å². The zero-order valence-corrected chi connectivity index (χ0v) is 17.9. The van der Waals surface area contributed by atoms with Crippen LogP contribution in [-0.4, -0.2) is 36.3 Å². The van der Waals surface area contributed by atoms with Crippen molar-refractivity contribution in [3.63, 3.8) is 0 Å². The van der Waals surface area contributed by atoms with Gasteiger partial charge in [0.15, 0.2) is 5.58 Å². The predicted molar refractivity (Wildman–Crippen MR) is 118 cm³/mol. The lowest BCUT2D eigenvalue weighted by Crippen LogP contribution is -2.24. The van der Waals surface area contributed by atoms with Gasteiger partial charge < -0.3 is 19.2 Å². The van der Waals surface area contributed by atoms with Crippen LogP contribution in [0.5, 0.6) is 5.75 Å². The Morgan fingerprint density at radius 2 is 1.87 bits per heavy atom. The van der Waals surface area contributed by atoms with Crippen molar-refractivity contribution in [2.24, 2.45) is 11.8 Å². The van der Waals surface area contributed by atoms with Crippen molar-refractivity contribution in [1.29, 1.82) is 0 Å². The zero-order valence-electron chi connectivity index (χ0n) is 17.9. The number of likely N-dealkylation sites (N-methyl/N-ethyl adjacent to an activating group) is 1. The largest absolute Gasteiger partial charge is 0.492 e. The van der Waals surface area contributed by atoms with E-state index in [1.54, 1.807) is 0 Å². The van der Waals surface area contributed by atoms with Crippen LogP contribution in [0.1, 0.15) is 32.3 Å². The second-order valence-corrected chi connectivity index (χ2v) is 8.09. The third kappa shape index (κ3) is 5.99. The summed E-state index contributed by atoms with van der Waals surface area (Å²) in [5.41, 5.74) is 2.62. The fraction of sp³-hybridized carbons (Fsp3) is 0.417. The average molecular weight is 411 g/mol. The number of oxazole rings is 1. The van der Waals surface area contributed by atoms with Gasteiger partial charge in [-0.25, -0.2) is 0 Å². The molecule has 1 aromatic heterocycles. The van der Waals surface area contributed by atoms with Gasteiger partial charge in [-0.2, -0.15) is 4.98 Å². The van der Waals surface area contributed by atoms with E-state index in [1.807, 2.05) is 60.5 Å². The van der Waals surface area contributed by atoms with Crippen LogP contribution in [0.25, 0.3) is 11.1 Å². The van der Waals surface area contributed by atoms with E-state index >= 15 is 0 Å². The summed E-state index contributed by atoms with van der Waals surface area (Å²) in [5.74, 6) is 0.205. The molecule has 0 saturated carbocycles. The molecular weight excluding hydrogens is 380 g/mol. The Morgan fingerprint density at radius 1 is 1.13 bits per heavy atom. The highest BCUT2D eigenvalue weighted by Crippen LogP contribution is 2.22. The summed E-state index contributed by atoms with van der Waals surface area (Å²) >= 11 is 0. The molecule has 0 spiro atoms. The summed E-state index contributed by atoms with van der Waals surface area (Å²) in [6, 6.07) is 15.9.